The minimum atomic E-state index is -1.82. The van der Waals surface area contributed by atoms with Gasteiger partial charge in [0.15, 0.2) is 5.78 Å². The minimum Gasteiger partial charge on any atom is -0.140 e. The van der Waals surface area contributed by atoms with Crippen LogP contribution in [-0.4, -0.2) is 34.1 Å². The fourth-order valence-electron chi connectivity index (χ4n) is 5.05. The van der Waals surface area contributed by atoms with E-state index < -0.39 is 13.3 Å². The summed E-state index contributed by atoms with van der Waals surface area (Å²) in [7, 11) is 0. The fraction of sp³-hybridized carbons (Fsp3) is 0.229. The number of aliphatic hydroxyl groups is 1. The van der Waals surface area contributed by atoms with Gasteiger partial charge in [-0.3, -0.25) is 4.79 Å². The van der Waals surface area contributed by atoms with Gasteiger partial charge in [-0.25, -0.2) is 0 Å². The maximum absolute atomic E-state index is 10.0. The number of nitrogens with zero attached hydrogens (tertiary/aromatic N) is 2. The number of aryl methyl sites for hydroxylation is 3. The van der Waals surface area contributed by atoms with Crippen molar-refractivity contribution in [1.82, 2.24) is 9.97 Å². The number of allylic oxidation sites excluding steroid dienone is 2. The van der Waals surface area contributed by atoms with E-state index in [9.17, 15) is 4.79 Å². The molecule has 1 N–H and O–H groups in total. The first kappa shape index (κ1) is 32.4. The molecule has 6 heteroatoms. The van der Waals surface area contributed by atoms with Gasteiger partial charge >= 0.3 is 156 Å². The van der Waals surface area contributed by atoms with Crippen LogP contribution in [0.5, 0.6) is 0 Å². The molecule has 2 aromatic heterocycles. The number of benzene rings is 3. The number of pyridine rings is 2. The zero-order valence-corrected chi connectivity index (χ0v) is 29.5. The Kier molecular flexibility index (Phi) is 10.5. The van der Waals surface area contributed by atoms with Crippen LogP contribution in [0, 0.1) is 26.8 Å². The summed E-state index contributed by atoms with van der Waals surface area (Å²) in [5, 5.41) is 11.8. The average molecular weight is 783 g/mol. The zero-order valence-electron chi connectivity index (χ0n) is 25.0. The quantitative estimate of drug-likeness (QED) is 0.0655. The Morgan fingerprint density at radius 2 is 1.56 bits per heavy atom. The van der Waals surface area contributed by atoms with Crippen molar-refractivity contribution in [2.24, 2.45) is 0 Å². The van der Waals surface area contributed by atoms with E-state index in [4.69, 9.17) is 15.1 Å². The van der Waals surface area contributed by atoms with E-state index in [0.717, 1.165) is 27.7 Å². The minimum absolute atomic E-state index is 0. The third-order valence-electron chi connectivity index (χ3n) is 6.91. The molecule has 0 aliphatic rings. The number of ketones is 1. The van der Waals surface area contributed by atoms with Crippen LogP contribution < -0.4 is 4.40 Å². The second-order valence-corrected chi connectivity index (χ2v) is 22.1. The van der Waals surface area contributed by atoms with Gasteiger partial charge in [0.25, 0.3) is 0 Å². The van der Waals surface area contributed by atoms with Gasteiger partial charge in [-0.15, -0.1) is 29.3 Å². The topological polar surface area (TPSA) is 63.1 Å². The molecule has 5 aromatic rings. The third kappa shape index (κ3) is 7.59. The summed E-state index contributed by atoms with van der Waals surface area (Å²) < 4.78 is 1.53. The SMILES string of the molecule is CC(=O)/C=C(/C)O.Cc1[c-]c(-c2nccc3c2cnc2c(C)c(-c4cc[c]([Ge]([CH3])([CH3])[CH3])cc4)ccc23)cc(C)c1.[Ir]. The van der Waals surface area contributed by atoms with E-state index in [2.05, 4.69) is 98.7 Å². The van der Waals surface area contributed by atoms with Gasteiger partial charge in [0.05, 0.1) is 5.76 Å². The average Bonchev–Trinajstić information content (AvgIpc) is 2.87. The van der Waals surface area contributed by atoms with Crippen LogP contribution >= 0.6 is 0 Å². The third-order valence-corrected chi connectivity index (χ3v) is 11.2. The number of fused-ring (bicyclic) bond motifs is 3. The molecular formula is C35H37GeIrN2O2-. The summed E-state index contributed by atoms with van der Waals surface area (Å²) in [5.41, 5.74) is 9.09. The summed E-state index contributed by atoms with van der Waals surface area (Å²) in [6.45, 7) is 9.23. The molecule has 3 aromatic carbocycles. The fourth-order valence-corrected chi connectivity index (χ4v) is 7.49. The Balaban J connectivity index is 0.000000516. The molecule has 4 nitrogen and oxygen atoms in total. The molecule has 213 valence electrons. The van der Waals surface area contributed by atoms with Crippen LogP contribution in [0.1, 0.15) is 30.5 Å². The van der Waals surface area contributed by atoms with Crippen molar-refractivity contribution in [2.75, 3.05) is 0 Å². The Bertz CT molecular complexity index is 1730. The van der Waals surface area contributed by atoms with Crippen molar-refractivity contribution in [3.63, 3.8) is 0 Å². The number of hydrogen-bond donors (Lipinski definition) is 1. The normalized spacial score (nSPS) is 11.6. The van der Waals surface area contributed by atoms with Crippen LogP contribution in [0.4, 0.5) is 0 Å². The Labute approximate surface area is 259 Å². The van der Waals surface area contributed by atoms with Gasteiger partial charge in [0.2, 0.25) is 0 Å². The van der Waals surface area contributed by atoms with Crippen molar-refractivity contribution in [2.45, 2.75) is 51.9 Å². The number of carbonyl (C=O) groups excluding carboxylic acids is 1. The van der Waals surface area contributed by atoms with Gasteiger partial charge in [-0.2, -0.15) is 0 Å². The predicted octanol–water partition coefficient (Wildman–Crippen LogP) is 8.42. The molecule has 0 unspecified atom stereocenters. The first-order valence-electron chi connectivity index (χ1n) is 13.5. The first-order valence-corrected chi connectivity index (χ1v) is 20.9. The summed E-state index contributed by atoms with van der Waals surface area (Å²) in [6, 6.07) is 23.5. The number of carbonyl (C=O) groups is 1. The molecule has 0 saturated carbocycles. The molecule has 2 heterocycles. The second kappa shape index (κ2) is 13.2. The van der Waals surface area contributed by atoms with Crippen LogP contribution in [-0.2, 0) is 24.9 Å². The van der Waals surface area contributed by atoms with Crippen molar-refractivity contribution < 1.29 is 30.0 Å². The number of rotatable bonds is 4. The summed E-state index contributed by atoms with van der Waals surface area (Å²) in [4.78, 5) is 19.7. The van der Waals surface area contributed by atoms with Crippen molar-refractivity contribution >= 4 is 45.1 Å². The Morgan fingerprint density at radius 3 is 2.12 bits per heavy atom. The van der Waals surface area contributed by atoms with Gasteiger partial charge in [0.1, 0.15) is 0 Å². The van der Waals surface area contributed by atoms with E-state index in [-0.39, 0.29) is 31.6 Å². The summed E-state index contributed by atoms with van der Waals surface area (Å²) in [6.07, 6.45) is 5.06. The van der Waals surface area contributed by atoms with Crippen molar-refractivity contribution in [3.8, 4) is 22.4 Å². The molecule has 0 bridgehead atoms. The van der Waals surface area contributed by atoms with Crippen molar-refractivity contribution in [1.29, 1.82) is 0 Å². The Morgan fingerprint density at radius 1 is 0.878 bits per heavy atom. The summed E-state index contributed by atoms with van der Waals surface area (Å²) in [5.74, 6) is 7.24. The van der Waals surface area contributed by atoms with Gasteiger partial charge in [0, 0.05) is 26.2 Å². The number of aliphatic hydroxyl groups excluding tert-OH is 1. The van der Waals surface area contributed by atoms with Crippen LogP contribution in [0.3, 0.4) is 0 Å². The molecule has 0 spiro atoms. The molecule has 0 amide bonds. The maximum atomic E-state index is 10.0. The second-order valence-electron chi connectivity index (χ2n) is 11.5. The van der Waals surface area contributed by atoms with Crippen LogP contribution in [0.15, 0.2) is 78.8 Å². The van der Waals surface area contributed by atoms with Crippen LogP contribution in [0.25, 0.3) is 44.1 Å². The standard InChI is InChI=1S/C30H29GeN2.C5H8O2.Ir/c1-19-15-20(2)17-23(16-19)30-28-18-33-29-21(3)25(11-12-27(29)26(28)13-14-32-30)22-7-9-24(10-8-22)31(4,5)6;1-4(6)3-5(2)7;/h7-16,18H,1-6H3;3,6H,1-2H3;/q-1;;/b;4-3-;. The first-order chi connectivity index (χ1) is 18.8. The largest absolute Gasteiger partial charge is 0.140 e. The predicted molar refractivity (Wildman–Crippen MR) is 171 cm³/mol. The zero-order chi connectivity index (χ0) is 29.2. The van der Waals surface area contributed by atoms with E-state index in [1.54, 1.807) is 0 Å². The van der Waals surface area contributed by atoms with E-state index in [0.29, 0.717) is 0 Å². The van der Waals surface area contributed by atoms with Crippen molar-refractivity contribution in [3.05, 3.63) is 102 Å². The molecule has 5 rings (SSSR count). The number of aromatic nitrogens is 2. The van der Waals surface area contributed by atoms with Crippen LogP contribution in [0.2, 0.25) is 17.3 Å². The molecule has 0 aliphatic carbocycles. The molecule has 1 radical (unpaired) electrons. The van der Waals surface area contributed by atoms with Gasteiger partial charge in [-0.1, -0.05) is 13.8 Å². The van der Waals surface area contributed by atoms with Gasteiger partial charge in [-0.05, 0) is 13.8 Å². The molecular weight excluding hydrogens is 745 g/mol. The molecule has 0 atom stereocenters. The molecule has 41 heavy (non-hydrogen) atoms. The Hall–Kier alpha value is -3.12. The van der Waals surface area contributed by atoms with E-state index in [1.165, 1.54) is 57.3 Å². The van der Waals surface area contributed by atoms with E-state index >= 15 is 0 Å². The molecule has 0 aliphatic heterocycles. The van der Waals surface area contributed by atoms with E-state index in [1.807, 2.05) is 12.4 Å². The summed E-state index contributed by atoms with van der Waals surface area (Å²) >= 11 is -1.82. The monoisotopic (exact) mass is 784 g/mol. The molecule has 0 saturated heterocycles. The number of hydrogen-bond acceptors (Lipinski definition) is 4. The maximum Gasteiger partial charge on any atom is 0 e. The smallest absolute Gasteiger partial charge is 0 e. The molecule has 0 fully saturated rings. The van der Waals surface area contributed by atoms with Gasteiger partial charge < -0.3 is 5.11 Å².